The standard InChI is InChI=1S/C17H24BrN/c1-2-12-6-8-13(9-7-12)19-17-11-10-14-15(17)4-3-5-16(14)18/h3-5,12-13,17,19H,2,6-11H2,1H3. The molecule has 2 aliphatic carbocycles. The molecule has 1 N–H and O–H groups in total. The number of nitrogens with one attached hydrogen (secondary N) is 1. The summed E-state index contributed by atoms with van der Waals surface area (Å²) in [6, 6.07) is 8.00. The summed E-state index contributed by atoms with van der Waals surface area (Å²) in [5.41, 5.74) is 3.06. The van der Waals surface area contributed by atoms with Gasteiger partial charge in [-0.3, -0.25) is 0 Å². The van der Waals surface area contributed by atoms with Crippen molar-refractivity contribution in [2.24, 2.45) is 5.92 Å². The predicted molar refractivity (Wildman–Crippen MR) is 84.4 cm³/mol. The molecular weight excluding hydrogens is 298 g/mol. The van der Waals surface area contributed by atoms with Crippen LogP contribution in [0.15, 0.2) is 22.7 Å². The van der Waals surface area contributed by atoms with Crippen molar-refractivity contribution in [1.82, 2.24) is 5.32 Å². The lowest BCUT2D eigenvalue weighted by Gasteiger charge is -2.31. The Morgan fingerprint density at radius 2 is 1.95 bits per heavy atom. The van der Waals surface area contributed by atoms with Crippen LogP contribution in [-0.4, -0.2) is 6.04 Å². The second kappa shape index (κ2) is 5.97. The fraction of sp³-hybridized carbons (Fsp3) is 0.647. The maximum absolute atomic E-state index is 3.93. The third-order valence-electron chi connectivity index (χ3n) is 5.07. The van der Waals surface area contributed by atoms with Crippen LogP contribution in [0.3, 0.4) is 0 Å². The number of halogens is 1. The van der Waals surface area contributed by atoms with E-state index in [1.54, 1.807) is 0 Å². The van der Waals surface area contributed by atoms with Gasteiger partial charge in [-0.15, -0.1) is 0 Å². The number of rotatable bonds is 3. The molecule has 1 unspecified atom stereocenters. The van der Waals surface area contributed by atoms with E-state index in [1.165, 1.54) is 60.5 Å². The van der Waals surface area contributed by atoms with Crippen LogP contribution in [0, 0.1) is 5.92 Å². The maximum atomic E-state index is 3.93. The number of hydrogen-bond acceptors (Lipinski definition) is 1. The van der Waals surface area contributed by atoms with E-state index in [0.717, 1.165) is 12.0 Å². The zero-order valence-corrected chi connectivity index (χ0v) is 13.4. The number of benzene rings is 1. The Hall–Kier alpha value is -0.340. The summed E-state index contributed by atoms with van der Waals surface area (Å²) in [6.45, 7) is 2.34. The number of fused-ring (bicyclic) bond motifs is 1. The van der Waals surface area contributed by atoms with Crippen molar-refractivity contribution >= 4 is 15.9 Å². The first kappa shape index (κ1) is 13.6. The third kappa shape index (κ3) is 2.90. The van der Waals surface area contributed by atoms with E-state index in [1.807, 2.05) is 0 Å². The second-order valence-corrected chi connectivity index (χ2v) is 7.05. The molecule has 19 heavy (non-hydrogen) atoms. The van der Waals surface area contributed by atoms with E-state index in [4.69, 9.17) is 0 Å². The van der Waals surface area contributed by atoms with E-state index in [9.17, 15) is 0 Å². The van der Waals surface area contributed by atoms with Gasteiger partial charge >= 0.3 is 0 Å². The van der Waals surface area contributed by atoms with Crippen LogP contribution in [0.2, 0.25) is 0 Å². The molecule has 1 atom stereocenters. The molecule has 1 saturated carbocycles. The summed E-state index contributed by atoms with van der Waals surface area (Å²) in [5, 5.41) is 3.93. The summed E-state index contributed by atoms with van der Waals surface area (Å²) in [6.07, 6.45) is 9.45. The molecule has 1 fully saturated rings. The molecule has 1 aromatic rings. The van der Waals surface area contributed by atoms with Crippen molar-refractivity contribution in [3.8, 4) is 0 Å². The van der Waals surface area contributed by atoms with Crippen molar-refractivity contribution in [2.75, 3.05) is 0 Å². The molecule has 0 heterocycles. The Morgan fingerprint density at radius 3 is 2.68 bits per heavy atom. The fourth-order valence-corrected chi connectivity index (χ4v) is 4.38. The molecule has 0 aromatic heterocycles. The van der Waals surface area contributed by atoms with Crippen molar-refractivity contribution in [3.63, 3.8) is 0 Å². The molecule has 104 valence electrons. The first-order valence-electron chi connectivity index (χ1n) is 7.81. The van der Waals surface area contributed by atoms with Gasteiger partial charge in [-0.1, -0.05) is 41.4 Å². The summed E-state index contributed by atoms with van der Waals surface area (Å²) in [5.74, 6) is 0.989. The molecule has 2 heteroatoms. The normalized spacial score (nSPS) is 30.3. The summed E-state index contributed by atoms with van der Waals surface area (Å²) in [4.78, 5) is 0. The second-order valence-electron chi connectivity index (χ2n) is 6.19. The molecular formula is C17H24BrN. The minimum Gasteiger partial charge on any atom is -0.307 e. The maximum Gasteiger partial charge on any atom is 0.0328 e. The van der Waals surface area contributed by atoms with E-state index in [-0.39, 0.29) is 0 Å². The van der Waals surface area contributed by atoms with Gasteiger partial charge in [0.05, 0.1) is 0 Å². The largest absolute Gasteiger partial charge is 0.307 e. The molecule has 0 saturated heterocycles. The van der Waals surface area contributed by atoms with Crippen molar-refractivity contribution < 1.29 is 0 Å². The van der Waals surface area contributed by atoms with Crippen LogP contribution in [0.1, 0.15) is 62.6 Å². The highest BCUT2D eigenvalue weighted by Crippen LogP contribution is 2.37. The van der Waals surface area contributed by atoms with E-state index in [0.29, 0.717) is 6.04 Å². The van der Waals surface area contributed by atoms with Crippen LogP contribution < -0.4 is 5.32 Å². The lowest BCUT2D eigenvalue weighted by molar-refractivity contribution is 0.269. The van der Waals surface area contributed by atoms with Gasteiger partial charge in [0.1, 0.15) is 0 Å². The Bertz CT molecular complexity index is 435. The van der Waals surface area contributed by atoms with Gasteiger partial charge in [0.2, 0.25) is 0 Å². The minimum absolute atomic E-state index is 0.593. The molecule has 0 radical (unpaired) electrons. The lowest BCUT2D eigenvalue weighted by atomic mass is 9.84. The zero-order chi connectivity index (χ0) is 13.2. The summed E-state index contributed by atoms with van der Waals surface area (Å²) >= 11 is 3.69. The van der Waals surface area contributed by atoms with E-state index < -0.39 is 0 Å². The van der Waals surface area contributed by atoms with Crippen molar-refractivity contribution in [3.05, 3.63) is 33.8 Å². The van der Waals surface area contributed by atoms with Crippen molar-refractivity contribution in [1.29, 1.82) is 0 Å². The Balaban J connectivity index is 1.63. The Morgan fingerprint density at radius 1 is 1.16 bits per heavy atom. The highest BCUT2D eigenvalue weighted by atomic mass is 79.9. The monoisotopic (exact) mass is 321 g/mol. The van der Waals surface area contributed by atoms with Gasteiger partial charge in [-0.05, 0) is 61.6 Å². The summed E-state index contributed by atoms with van der Waals surface area (Å²) in [7, 11) is 0. The predicted octanol–water partition coefficient (Wildman–Crippen LogP) is 4.99. The first-order valence-corrected chi connectivity index (χ1v) is 8.60. The molecule has 0 bridgehead atoms. The van der Waals surface area contributed by atoms with Crippen LogP contribution in [0.4, 0.5) is 0 Å². The van der Waals surface area contributed by atoms with Gasteiger partial charge in [0, 0.05) is 16.6 Å². The molecule has 0 aliphatic heterocycles. The van der Waals surface area contributed by atoms with Gasteiger partial charge in [0.25, 0.3) is 0 Å². The fourth-order valence-electron chi connectivity index (χ4n) is 3.80. The molecule has 1 aromatic carbocycles. The topological polar surface area (TPSA) is 12.0 Å². The van der Waals surface area contributed by atoms with Gasteiger partial charge in [0.15, 0.2) is 0 Å². The third-order valence-corrected chi connectivity index (χ3v) is 5.82. The smallest absolute Gasteiger partial charge is 0.0328 e. The molecule has 0 spiro atoms. The highest BCUT2D eigenvalue weighted by molar-refractivity contribution is 9.10. The average molecular weight is 322 g/mol. The Labute approximate surface area is 125 Å². The SMILES string of the molecule is CCC1CCC(NC2CCc3c(Br)cccc32)CC1. The first-order chi connectivity index (χ1) is 9.28. The quantitative estimate of drug-likeness (QED) is 0.826. The lowest BCUT2D eigenvalue weighted by Crippen LogP contribution is -2.35. The van der Waals surface area contributed by atoms with E-state index >= 15 is 0 Å². The minimum atomic E-state index is 0.593. The van der Waals surface area contributed by atoms with Crippen LogP contribution >= 0.6 is 15.9 Å². The van der Waals surface area contributed by atoms with Crippen LogP contribution in [0.5, 0.6) is 0 Å². The van der Waals surface area contributed by atoms with Gasteiger partial charge in [-0.25, -0.2) is 0 Å². The van der Waals surface area contributed by atoms with Gasteiger partial charge < -0.3 is 5.32 Å². The summed E-state index contributed by atoms with van der Waals surface area (Å²) < 4.78 is 1.30. The highest BCUT2D eigenvalue weighted by Gasteiger charge is 2.27. The molecule has 1 nitrogen and oxygen atoms in total. The Kier molecular flexibility index (Phi) is 4.28. The molecule has 0 amide bonds. The van der Waals surface area contributed by atoms with Crippen molar-refractivity contribution in [2.45, 2.75) is 64.0 Å². The van der Waals surface area contributed by atoms with E-state index in [2.05, 4.69) is 46.4 Å². The van der Waals surface area contributed by atoms with Crippen LogP contribution in [0.25, 0.3) is 0 Å². The zero-order valence-electron chi connectivity index (χ0n) is 11.8. The number of hydrogen-bond donors (Lipinski definition) is 1. The molecule has 2 aliphatic rings. The van der Waals surface area contributed by atoms with Gasteiger partial charge in [-0.2, -0.15) is 0 Å². The average Bonchev–Trinajstić information content (AvgIpc) is 2.84. The van der Waals surface area contributed by atoms with Crippen LogP contribution in [-0.2, 0) is 6.42 Å². The molecule has 3 rings (SSSR count).